The lowest BCUT2D eigenvalue weighted by Gasteiger charge is -2.18. The number of aromatic nitrogens is 1. The van der Waals surface area contributed by atoms with Crippen LogP contribution in [0.15, 0.2) is 48.7 Å². The van der Waals surface area contributed by atoms with Crippen molar-refractivity contribution in [2.75, 3.05) is 18.0 Å². The van der Waals surface area contributed by atoms with Gasteiger partial charge in [-0.2, -0.15) is 0 Å². The average molecular weight is 348 g/mol. The number of hydrogen-bond donors (Lipinski definition) is 3. The van der Waals surface area contributed by atoms with Gasteiger partial charge >= 0.3 is 0 Å². The second-order valence-corrected chi connectivity index (χ2v) is 6.27. The van der Waals surface area contributed by atoms with Gasteiger partial charge in [0.25, 0.3) is 5.91 Å². The number of hydrogen-bond acceptors (Lipinski definition) is 4. The molecule has 0 spiro atoms. The van der Waals surface area contributed by atoms with E-state index in [1.807, 2.05) is 18.2 Å². The molecule has 0 aliphatic carbocycles. The van der Waals surface area contributed by atoms with Gasteiger partial charge in [0.05, 0.1) is 0 Å². The monoisotopic (exact) mass is 348 g/mol. The summed E-state index contributed by atoms with van der Waals surface area (Å²) in [5.74, 6) is -0.129. The second-order valence-electron chi connectivity index (χ2n) is 6.27. The fourth-order valence-electron chi connectivity index (χ4n) is 3.21. The molecular weight excluding hydrogens is 331 g/mol. The van der Waals surface area contributed by atoms with Crippen molar-refractivity contribution in [3.63, 3.8) is 0 Å². The van der Waals surface area contributed by atoms with Crippen LogP contribution in [0.5, 0.6) is 0 Å². The Morgan fingerprint density at radius 2 is 1.77 bits per heavy atom. The van der Waals surface area contributed by atoms with Crippen molar-refractivity contribution in [1.82, 2.24) is 10.3 Å². The first-order valence-corrected chi connectivity index (χ1v) is 8.25. The van der Waals surface area contributed by atoms with Gasteiger partial charge in [0.2, 0.25) is 0 Å². The van der Waals surface area contributed by atoms with Crippen molar-refractivity contribution < 1.29 is 9.18 Å². The van der Waals surface area contributed by atoms with Crippen LogP contribution in [0.1, 0.15) is 15.9 Å². The van der Waals surface area contributed by atoms with Crippen LogP contribution in [0.3, 0.4) is 0 Å². The zero-order valence-electron chi connectivity index (χ0n) is 13.9. The Bertz CT molecular complexity index is 1030. The van der Waals surface area contributed by atoms with Gasteiger partial charge in [-0.05, 0) is 47.9 Å². The molecule has 4 rings (SSSR count). The number of amides is 1. The van der Waals surface area contributed by atoms with Crippen LogP contribution in [0.25, 0.3) is 22.3 Å². The highest BCUT2D eigenvalue weighted by atomic mass is 19.1. The lowest BCUT2D eigenvalue weighted by atomic mass is 9.94. The van der Waals surface area contributed by atoms with Crippen LogP contribution >= 0.6 is 0 Å². The molecule has 0 saturated heterocycles. The Kier molecular flexibility index (Phi) is 3.80. The third kappa shape index (κ3) is 2.75. The summed E-state index contributed by atoms with van der Waals surface area (Å²) in [5, 5.41) is 2.82. The first kappa shape index (κ1) is 16.1. The number of pyridine rings is 1. The fourth-order valence-corrected chi connectivity index (χ4v) is 3.21. The number of benzene rings is 2. The first-order chi connectivity index (χ1) is 12.5. The number of carbonyl (C=O) groups excluding carboxylic acids is 1. The van der Waals surface area contributed by atoms with E-state index in [2.05, 4.69) is 10.3 Å². The SMILES string of the molecule is Nc1ccc(-c2cnc(N)c(-c3ccc4c(c3)CCNC4=O)c2)c(F)c1. The number of anilines is 2. The molecular formula is C20H17FN4O. The maximum Gasteiger partial charge on any atom is 0.251 e. The summed E-state index contributed by atoms with van der Waals surface area (Å²) in [6, 6.07) is 11.9. The Labute approximate surface area is 149 Å². The molecule has 5 nitrogen and oxygen atoms in total. The van der Waals surface area contributed by atoms with E-state index in [1.54, 1.807) is 24.4 Å². The number of rotatable bonds is 2. The average Bonchev–Trinajstić information content (AvgIpc) is 2.62. The summed E-state index contributed by atoms with van der Waals surface area (Å²) in [5.41, 5.74) is 16.3. The van der Waals surface area contributed by atoms with E-state index in [0.29, 0.717) is 40.3 Å². The van der Waals surface area contributed by atoms with Crippen LogP contribution in [0, 0.1) is 5.82 Å². The largest absolute Gasteiger partial charge is 0.399 e. The molecule has 0 radical (unpaired) electrons. The van der Waals surface area contributed by atoms with E-state index < -0.39 is 5.82 Å². The molecule has 3 aromatic rings. The molecule has 1 aromatic heterocycles. The molecule has 1 amide bonds. The van der Waals surface area contributed by atoms with E-state index in [0.717, 1.165) is 17.5 Å². The lowest BCUT2D eigenvalue weighted by molar-refractivity contribution is 0.0946. The predicted molar refractivity (Wildman–Crippen MR) is 99.9 cm³/mol. The quantitative estimate of drug-likeness (QED) is 0.621. The third-order valence-corrected chi connectivity index (χ3v) is 4.56. The second kappa shape index (κ2) is 6.15. The summed E-state index contributed by atoms with van der Waals surface area (Å²) in [6.45, 7) is 0.611. The predicted octanol–water partition coefficient (Wildman–Crippen LogP) is 3.01. The number of nitrogens with two attached hydrogens (primary N) is 2. The molecule has 1 aliphatic rings. The molecule has 0 bridgehead atoms. The van der Waals surface area contributed by atoms with Gasteiger partial charge in [0, 0.05) is 40.7 Å². The molecule has 2 heterocycles. The van der Waals surface area contributed by atoms with Crippen molar-refractivity contribution >= 4 is 17.4 Å². The smallest absolute Gasteiger partial charge is 0.251 e. The van der Waals surface area contributed by atoms with E-state index in [4.69, 9.17) is 11.5 Å². The highest BCUT2D eigenvalue weighted by Crippen LogP contribution is 2.32. The molecule has 0 unspecified atom stereocenters. The van der Waals surface area contributed by atoms with Crippen LogP contribution in [-0.4, -0.2) is 17.4 Å². The maximum atomic E-state index is 14.3. The van der Waals surface area contributed by atoms with Gasteiger partial charge in [0.15, 0.2) is 0 Å². The number of nitrogens with zero attached hydrogens (tertiary/aromatic N) is 1. The van der Waals surface area contributed by atoms with Gasteiger partial charge in [-0.1, -0.05) is 12.1 Å². The zero-order chi connectivity index (χ0) is 18.3. The number of fused-ring (bicyclic) bond motifs is 1. The molecule has 5 N–H and O–H groups in total. The normalized spacial score (nSPS) is 13.2. The van der Waals surface area contributed by atoms with Crippen molar-refractivity contribution in [2.45, 2.75) is 6.42 Å². The minimum atomic E-state index is -0.412. The minimum Gasteiger partial charge on any atom is -0.399 e. The van der Waals surface area contributed by atoms with Gasteiger partial charge in [-0.15, -0.1) is 0 Å². The molecule has 130 valence electrons. The van der Waals surface area contributed by atoms with Crippen LogP contribution in [0.4, 0.5) is 15.9 Å². The van der Waals surface area contributed by atoms with Crippen LogP contribution in [0.2, 0.25) is 0 Å². The van der Waals surface area contributed by atoms with Crippen molar-refractivity contribution in [2.24, 2.45) is 0 Å². The standard InChI is InChI=1S/C20H17FN4O/c21-18-9-14(22)2-4-15(18)13-8-17(19(23)25-10-13)11-1-3-16-12(7-11)5-6-24-20(16)26/h1-4,7-10H,5-6,22H2,(H2,23,25)(H,24,26). The summed E-state index contributed by atoms with van der Waals surface area (Å²) in [7, 11) is 0. The van der Waals surface area contributed by atoms with Gasteiger partial charge in [-0.3, -0.25) is 4.79 Å². The molecule has 2 aromatic carbocycles. The zero-order valence-corrected chi connectivity index (χ0v) is 13.9. The minimum absolute atomic E-state index is 0.0680. The Hall–Kier alpha value is -3.41. The summed E-state index contributed by atoms with van der Waals surface area (Å²) < 4.78 is 14.3. The van der Waals surface area contributed by atoms with Crippen LogP contribution < -0.4 is 16.8 Å². The van der Waals surface area contributed by atoms with E-state index in [-0.39, 0.29) is 5.91 Å². The van der Waals surface area contributed by atoms with E-state index in [9.17, 15) is 9.18 Å². The van der Waals surface area contributed by atoms with Crippen LogP contribution in [-0.2, 0) is 6.42 Å². The molecule has 1 aliphatic heterocycles. The third-order valence-electron chi connectivity index (χ3n) is 4.56. The maximum absolute atomic E-state index is 14.3. The summed E-state index contributed by atoms with van der Waals surface area (Å²) >= 11 is 0. The summed E-state index contributed by atoms with van der Waals surface area (Å²) in [6.07, 6.45) is 2.30. The molecule has 0 atom stereocenters. The molecule has 0 saturated carbocycles. The molecule has 6 heteroatoms. The Morgan fingerprint density at radius 1 is 0.962 bits per heavy atom. The Morgan fingerprint density at radius 3 is 2.58 bits per heavy atom. The van der Waals surface area contributed by atoms with Gasteiger partial charge in [0.1, 0.15) is 11.6 Å². The fraction of sp³-hybridized carbons (Fsp3) is 0.100. The number of carbonyl (C=O) groups is 1. The highest BCUT2D eigenvalue weighted by Gasteiger charge is 2.18. The topological polar surface area (TPSA) is 94.0 Å². The van der Waals surface area contributed by atoms with E-state index >= 15 is 0 Å². The van der Waals surface area contributed by atoms with Gasteiger partial charge < -0.3 is 16.8 Å². The lowest BCUT2D eigenvalue weighted by Crippen LogP contribution is -2.31. The number of halogens is 1. The van der Waals surface area contributed by atoms with E-state index in [1.165, 1.54) is 6.07 Å². The number of nitrogens with one attached hydrogen (secondary N) is 1. The van der Waals surface area contributed by atoms with Crippen molar-refractivity contribution in [1.29, 1.82) is 0 Å². The first-order valence-electron chi connectivity index (χ1n) is 8.25. The molecule has 0 fully saturated rings. The highest BCUT2D eigenvalue weighted by molar-refractivity contribution is 5.97. The molecule has 26 heavy (non-hydrogen) atoms. The Balaban J connectivity index is 1.81. The summed E-state index contributed by atoms with van der Waals surface area (Å²) in [4.78, 5) is 16.1. The van der Waals surface area contributed by atoms with Gasteiger partial charge in [-0.25, -0.2) is 9.37 Å². The van der Waals surface area contributed by atoms with Crippen molar-refractivity contribution in [3.8, 4) is 22.3 Å². The van der Waals surface area contributed by atoms with Crippen molar-refractivity contribution in [3.05, 3.63) is 65.6 Å². The number of nitrogen functional groups attached to an aromatic ring is 2.